The third kappa shape index (κ3) is 4.39. The topological polar surface area (TPSA) is 105 Å². The van der Waals surface area contributed by atoms with Gasteiger partial charge in [-0.25, -0.2) is 14.3 Å². The van der Waals surface area contributed by atoms with Crippen LogP contribution in [0.25, 0.3) is 10.8 Å². The molecule has 2 heterocycles. The van der Waals surface area contributed by atoms with Crippen LogP contribution in [0.5, 0.6) is 5.75 Å². The van der Waals surface area contributed by atoms with E-state index in [1.165, 1.54) is 12.1 Å². The molecular formula is C24H19FN4O4. The van der Waals surface area contributed by atoms with E-state index in [1.54, 1.807) is 18.2 Å². The first-order valence-electron chi connectivity index (χ1n) is 10.2. The summed E-state index contributed by atoms with van der Waals surface area (Å²) in [6, 6.07) is 16.5. The number of amides is 2. The van der Waals surface area contributed by atoms with E-state index >= 15 is 0 Å². The summed E-state index contributed by atoms with van der Waals surface area (Å²) in [5, 5.41) is 13.5. The van der Waals surface area contributed by atoms with Gasteiger partial charge in [-0.2, -0.15) is 5.10 Å². The highest BCUT2D eigenvalue weighted by atomic mass is 19.1. The zero-order chi connectivity index (χ0) is 22.8. The smallest absolute Gasteiger partial charge is 0.323 e. The molecule has 8 nitrogen and oxygen atoms in total. The van der Waals surface area contributed by atoms with Crippen molar-refractivity contribution in [2.75, 3.05) is 17.4 Å². The van der Waals surface area contributed by atoms with Gasteiger partial charge in [-0.05, 0) is 29.8 Å². The first-order chi connectivity index (χ1) is 16.1. The number of hydrogen-bond acceptors (Lipinski definition) is 5. The molecule has 5 rings (SSSR count). The van der Waals surface area contributed by atoms with Gasteiger partial charge in [0, 0.05) is 29.1 Å². The molecule has 0 saturated heterocycles. The Hall–Kier alpha value is -4.24. The van der Waals surface area contributed by atoms with Crippen LogP contribution in [-0.4, -0.2) is 23.0 Å². The lowest BCUT2D eigenvalue weighted by Crippen LogP contribution is -2.22. The number of rotatable bonds is 4. The predicted molar refractivity (Wildman–Crippen MR) is 121 cm³/mol. The Bertz CT molecular complexity index is 1420. The molecule has 1 aliphatic heterocycles. The fourth-order valence-electron chi connectivity index (χ4n) is 3.82. The number of carbonyl (C=O) groups excluding carboxylic acids is 1. The van der Waals surface area contributed by atoms with Crippen LogP contribution >= 0.6 is 0 Å². The number of H-pyrrole nitrogens is 1. The monoisotopic (exact) mass is 446 g/mol. The molecule has 0 bridgehead atoms. The van der Waals surface area contributed by atoms with Gasteiger partial charge in [-0.1, -0.05) is 30.3 Å². The molecule has 2 amide bonds. The molecule has 0 atom stereocenters. The summed E-state index contributed by atoms with van der Waals surface area (Å²) in [6.45, 7) is 0.239. The van der Waals surface area contributed by atoms with Crippen molar-refractivity contribution < 1.29 is 18.7 Å². The SMILES string of the molecule is O=C(Nc1cccc(Cc2n[nH]c(=O)c3ccccc23)c1)Nc1cc(F)cc2c1OCOC2. The molecule has 0 unspecified atom stereocenters. The van der Waals surface area contributed by atoms with Gasteiger partial charge < -0.3 is 20.1 Å². The van der Waals surface area contributed by atoms with Crippen molar-refractivity contribution in [1.82, 2.24) is 10.2 Å². The Morgan fingerprint density at radius 1 is 1.06 bits per heavy atom. The van der Waals surface area contributed by atoms with E-state index < -0.39 is 11.8 Å². The number of anilines is 2. The molecule has 33 heavy (non-hydrogen) atoms. The Morgan fingerprint density at radius 2 is 1.91 bits per heavy atom. The maximum Gasteiger partial charge on any atom is 0.323 e. The van der Waals surface area contributed by atoms with Crippen LogP contribution < -0.4 is 20.9 Å². The summed E-state index contributed by atoms with van der Waals surface area (Å²) in [4.78, 5) is 24.6. The molecule has 0 radical (unpaired) electrons. The number of aromatic amines is 1. The summed E-state index contributed by atoms with van der Waals surface area (Å²) in [5.74, 6) is -0.108. The average Bonchev–Trinajstić information content (AvgIpc) is 2.81. The van der Waals surface area contributed by atoms with Crippen LogP contribution in [0.2, 0.25) is 0 Å². The van der Waals surface area contributed by atoms with Crippen molar-refractivity contribution in [3.05, 3.63) is 93.7 Å². The van der Waals surface area contributed by atoms with E-state index in [9.17, 15) is 14.0 Å². The fourth-order valence-corrected chi connectivity index (χ4v) is 3.82. The van der Waals surface area contributed by atoms with Crippen molar-refractivity contribution in [3.8, 4) is 5.75 Å². The average molecular weight is 446 g/mol. The lowest BCUT2D eigenvalue weighted by molar-refractivity contribution is -0.0160. The number of urea groups is 1. The van der Waals surface area contributed by atoms with E-state index in [4.69, 9.17) is 9.47 Å². The number of nitrogens with one attached hydrogen (secondary N) is 3. The minimum Gasteiger partial charge on any atom is -0.465 e. The van der Waals surface area contributed by atoms with Crippen LogP contribution in [0.4, 0.5) is 20.6 Å². The molecule has 0 aliphatic carbocycles. The summed E-state index contributed by atoms with van der Waals surface area (Å²) in [5.41, 5.74) is 2.67. The number of nitrogens with zero attached hydrogens (tertiary/aromatic N) is 1. The second-order valence-electron chi connectivity index (χ2n) is 7.55. The van der Waals surface area contributed by atoms with Gasteiger partial charge in [0.2, 0.25) is 0 Å². The highest BCUT2D eigenvalue weighted by Crippen LogP contribution is 2.33. The van der Waals surface area contributed by atoms with Gasteiger partial charge in [-0.3, -0.25) is 4.79 Å². The van der Waals surface area contributed by atoms with E-state index in [1.807, 2.05) is 30.3 Å². The van der Waals surface area contributed by atoms with Crippen LogP contribution in [0, 0.1) is 5.82 Å². The van der Waals surface area contributed by atoms with Gasteiger partial charge >= 0.3 is 6.03 Å². The van der Waals surface area contributed by atoms with Gasteiger partial charge in [-0.15, -0.1) is 0 Å². The zero-order valence-corrected chi connectivity index (χ0v) is 17.4. The van der Waals surface area contributed by atoms with Crippen molar-refractivity contribution in [2.45, 2.75) is 13.0 Å². The number of halogens is 1. The third-order valence-corrected chi connectivity index (χ3v) is 5.25. The first-order valence-corrected chi connectivity index (χ1v) is 10.2. The van der Waals surface area contributed by atoms with E-state index in [0.29, 0.717) is 28.8 Å². The quantitative estimate of drug-likeness (QED) is 0.437. The van der Waals surface area contributed by atoms with Crippen LogP contribution in [0.1, 0.15) is 16.8 Å². The molecule has 1 aliphatic rings. The third-order valence-electron chi connectivity index (χ3n) is 5.25. The molecule has 3 N–H and O–H groups in total. The molecule has 166 valence electrons. The minimum atomic E-state index is -0.539. The van der Waals surface area contributed by atoms with Crippen molar-refractivity contribution in [2.24, 2.45) is 0 Å². The molecule has 9 heteroatoms. The van der Waals surface area contributed by atoms with Gasteiger partial charge in [0.1, 0.15) is 5.82 Å². The Kier molecular flexibility index (Phi) is 5.45. The normalized spacial score (nSPS) is 12.6. The van der Waals surface area contributed by atoms with Gasteiger partial charge in [0.15, 0.2) is 12.5 Å². The Morgan fingerprint density at radius 3 is 2.79 bits per heavy atom. The van der Waals surface area contributed by atoms with E-state index in [2.05, 4.69) is 20.8 Å². The molecule has 0 saturated carbocycles. The van der Waals surface area contributed by atoms with Gasteiger partial charge in [0.25, 0.3) is 5.56 Å². The van der Waals surface area contributed by atoms with Crippen LogP contribution in [0.15, 0.2) is 65.5 Å². The molecule has 4 aromatic rings. The summed E-state index contributed by atoms with van der Waals surface area (Å²) >= 11 is 0. The number of hydrogen-bond donors (Lipinski definition) is 3. The maximum absolute atomic E-state index is 13.9. The van der Waals surface area contributed by atoms with E-state index in [-0.39, 0.29) is 24.6 Å². The second-order valence-corrected chi connectivity index (χ2v) is 7.55. The van der Waals surface area contributed by atoms with E-state index in [0.717, 1.165) is 16.6 Å². The Balaban J connectivity index is 1.34. The maximum atomic E-state index is 13.9. The number of aromatic nitrogens is 2. The number of ether oxygens (including phenoxy) is 2. The summed E-state index contributed by atoms with van der Waals surface area (Å²) in [6.07, 6.45) is 0.458. The molecule has 3 aromatic carbocycles. The highest BCUT2D eigenvalue weighted by molar-refractivity contribution is 6.01. The fraction of sp³-hybridized carbons (Fsp3) is 0.125. The summed E-state index contributed by atoms with van der Waals surface area (Å²) < 4.78 is 24.5. The molecule has 0 fully saturated rings. The van der Waals surface area contributed by atoms with Gasteiger partial charge in [0.05, 0.1) is 23.4 Å². The zero-order valence-electron chi connectivity index (χ0n) is 17.4. The molecular weight excluding hydrogens is 427 g/mol. The predicted octanol–water partition coefficient (Wildman–Crippen LogP) is 4.16. The second kappa shape index (κ2) is 8.71. The number of carbonyl (C=O) groups is 1. The van der Waals surface area contributed by atoms with Crippen LogP contribution in [0.3, 0.4) is 0 Å². The summed E-state index contributed by atoms with van der Waals surface area (Å²) in [7, 11) is 0. The minimum absolute atomic E-state index is 0.0322. The number of fused-ring (bicyclic) bond motifs is 2. The van der Waals surface area contributed by atoms with Crippen LogP contribution in [-0.2, 0) is 17.8 Å². The molecule has 0 spiro atoms. The van der Waals surface area contributed by atoms with Crippen molar-refractivity contribution >= 4 is 28.2 Å². The first kappa shape index (κ1) is 20.7. The van der Waals surface area contributed by atoms with Crippen molar-refractivity contribution in [3.63, 3.8) is 0 Å². The number of benzene rings is 3. The lowest BCUT2D eigenvalue weighted by Gasteiger charge is -2.21. The largest absolute Gasteiger partial charge is 0.465 e. The lowest BCUT2D eigenvalue weighted by atomic mass is 10.0. The molecule has 1 aromatic heterocycles. The standard InChI is InChI=1S/C24H19FN4O4/c25-16-10-15-12-32-13-33-22(15)21(11-16)27-24(31)26-17-5-3-4-14(8-17)9-20-18-6-1-2-7-19(18)23(30)29-28-20/h1-8,10-11H,9,12-13H2,(H,29,30)(H2,26,27,31). The van der Waals surface area contributed by atoms with Crippen molar-refractivity contribution in [1.29, 1.82) is 0 Å². The Labute approximate surface area is 187 Å². The highest BCUT2D eigenvalue weighted by Gasteiger charge is 2.18.